The largest absolute Gasteiger partial charge is 0.493 e. The molecule has 0 saturated carbocycles. The zero-order valence-electron chi connectivity index (χ0n) is 18.8. The number of rotatable bonds is 2. The molecule has 9 nitrogen and oxygen atoms in total. The number of para-hydroxylation sites is 1. The van der Waals surface area contributed by atoms with Crippen molar-refractivity contribution in [3.63, 3.8) is 0 Å². The zero-order chi connectivity index (χ0) is 22.5. The number of ether oxygens (including phenoxy) is 2. The van der Waals surface area contributed by atoms with Crippen LogP contribution in [0, 0.1) is 0 Å². The summed E-state index contributed by atoms with van der Waals surface area (Å²) in [6.07, 6.45) is 4.54. The lowest BCUT2D eigenvalue weighted by molar-refractivity contribution is 0.00399. The van der Waals surface area contributed by atoms with Crippen molar-refractivity contribution in [3.8, 4) is 17.0 Å². The van der Waals surface area contributed by atoms with E-state index in [1.54, 1.807) is 0 Å². The van der Waals surface area contributed by atoms with Gasteiger partial charge in [0.2, 0.25) is 5.95 Å². The van der Waals surface area contributed by atoms with Gasteiger partial charge in [-0.2, -0.15) is 0 Å². The van der Waals surface area contributed by atoms with Gasteiger partial charge in [-0.05, 0) is 18.2 Å². The molecule has 172 valence electrons. The summed E-state index contributed by atoms with van der Waals surface area (Å²) in [5.41, 5.74) is 4.20. The highest BCUT2D eigenvalue weighted by Gasteiger charge is 2.44. The molecule has 0 bridgehead atoms. The first-order chi connectivity index (χ1) is 16.8. The van der Waals surface area contributed by atoms with Gasteiger partial charge in [0.05, 0.1) is 18.9 Å². The van der Waals surface area contributed by atoms with Crippen LogP contribution in [0.1, 0.15) is 17.8 Å². The minimum Gasteiger partial charge on any atom is -0.493 e. The van der Waals surface area contributed by atoms with E-state index in [1.165, 1.54) is 0 Å². The monoisotopic (exact) mass is 455 g/mol. The second-order valence-corrected chi connectivity index (χ2v) is 9.03. The van der Waals surface area contributed by atoms with Crippen LogP contribution < -0.4 is 15.0 Å². The van der Waals surface area contributed by atoms with Gasteiger partial charge in [0.1, 0.15) is 29.2 Å². The highest BCUT2D eigenvalue weighted by Crippen LogP contribution is 2.44. The zero-order valence-corrected chi connectivity index (χ0v) is 18.8. The van der Waals surface area contributed by atoms with E-state index in [4.69, 9.17) is 19.4 Å². The van der Waals surface area contributed by atoms with Gasteiger partial charge in [0.15, 0.2) is 5.65 Å². The first-order valence-electron chi connectivity index (χ1n) is 11.8. The Balaban J connectivity index is 1.33. The third-order valence-electron chi connectivity index (χ3n) is 7.07. The SMILES string of the molecule is c1ccc2c(c1)OCCC21COCc2nc3ccc(-c4cnc(N5CCNCC5)nc4)nc3n21. The second-order valence-electron chi connectivity index (χ2n) is 9.03. The Bertz CT molecular complexity index is 1360. The van der Waals surface area contributed by atoms with Crippen molar-refractivity contribution in [1.29, 1.82) is 0 Å². The van der Waals surface area contributed by atoms with Gasteiger partial charge in [0, 0.05) is 56.1 Å². The van der Waals surface area contributed by atoms with E-state index in [0.29, 0.717) is 19.8 Å². The van der Waals surface area contributed by atoms with Crippen LogP contribution in [0.4, 0.5) is 5.95 Å². The quantitative estimate of drug-likeness (QED) is 0.493. The summed E-state index contributed by atoms with van der Waals surface area (Å²) in [5.74, 6) is 2.57. The van der Waals surface area contributed by atoms with E-state index in [1.807, 2.05) is 36.7 Å². The number of nitrogens with one attached hydrogen (secondary N) is 1. The molecule has 1 N–H and O–H groups in total. The van der Waals surface area contributed by atoms with Crippen molar-refractivity contribution < 1.29 is 9.47 Å². The molecule has 1 spiro atoms. The van der Waals surface area contributed by atoms with Crippen LogP contribution in [0.3, 0.4) is 0 Å². The smallest absolute Gasteiger partial charge is 0.225 e. The topological polar surface area (TPSA) is 90.2 Å². The number of hydrogen-bond acceptors (Lipinski definition) is 8. The molecule has 1 saturated heterocycles. The number of anilines is 1. The van der Waals surface area contributed by atoms with E-state index in [0.717, 1.165) is 78.1 Å². The summed E-state index contributed by atoms with van der Waals surface area (Å²) < 4.78 is 14.3. The van der Waals surface area contributed by atoms with E-state index < -0.39 is 0 Å². The number of fused-ring (bicyclic) bond motifs is 6. The van der Waals surface area contributed by atoms with Crippen molar-refractivity contribution in [3.05, 3.63) is 60.2 Å². The predicted octanol–water partition coefficient (Wildman–Crippen LogP) is 2.35. The standard InChI is InChI=1S/C25H25N7O2/c1-2-4-21-18(3-1)25(7-12-34-21)16-33-15-22-29-20-6-5-19(30-23(20)32(22)25)17-13-27-24(28-14-17)31-10-8-26-9-11-31/h1-6,13-14,26H,7-12,15-16H2. The minimum absolute atomic E-state index is 0.383. The molecule has 9 heteroatoms. The summed E-state index contributed by atoms with van der Waals surface area (Å²) in [6, 6.07) is 12.3. The third-order valence-corrected chi connectivity index (χ3v) is 7.07. The van der Waals surface area contributed by atoms with E-state index in [-0.39, 0.29) is 5.54 Å². The fourth-order valence-corrected chi connectivity index (χ4v) is 5.39. The van der Waals surface area contributed by atoms with E-state index in [2.05, 4.69) is 36.9 Å². The molecule has 4 aromatic rings. The maximum Gasteiger partial charge on any atom is 0.225 e. The highest BCUT2D eigenvalue weighted by molar-refractivity contribution is 5.77. The number of aromatic nitrogens is 5. The maximum absolute atomic E-state index is 6.07. The van der Waals surface area contributed by atoms with Crippen molar-refractivity contribution in [2.24, 2.45) is 0 Å². The number of nitrogens with zero attached hydrogens (tertiary/aromatic N) is 6. The first-order valence-corrected chi connectivity index (χ1v) is 11.8. The van der Waals surface area contributed by atoms with Crippen molar-refractivity contribution in [1.82, 2.24) is 29.8 Å². The summed E-state index contributed by atoms with van der Waals surface area (Å²) in [7, 11) is 0. The third kappa shape index (κ3) is 3.00. The molecule has 1 fully saturated rings. The van der Waals surface area contributed by atoms with E-state index >= 15 is 0 Å². The first kappa shape index (κ1) is 19.9. The maximum atomic E-state index is 6.07. The molecule has 0 amide bonds. The Labute approximate surface area is 196 Å². The Hall–Kier alpha value is -3.56. The molecule has 34 heavy (non-hydrogen) atoms. The van der Waals surface area contributed by atoms with Crippen LogP contribution in [0.5, 0.6) is 5.75 Å². The number of benzene rings is 1. The van der Waals surface area contributed by atoms with Gasteiger partial charge in [0.25, 0.3) is 0 Å². The summed E-state index contributed by atoms with van der Waals surface area (Å²) in [5, 5.41) is 3.36. The van der Waals surface area contributed by atoms with Gasteiger partial charge in [-0.1, -0.05) is 18.2 Å². The lowest BCUT2D eigenvalue weighted by atomic mass is 9.84. The fraction of sp³-hybridized carbons (Fsp3) is 0.360. The molecule has 0 aliphatic carbocycles. The molecule has 3 aromatic heterocycles. The molecule has 1 unspecified atom stereocenters. The number of pyridine rings is 1. The summed E-state index contributed by atoms with van der Waals surface area (Å²) in [6.45, 7) is 5.41. The number of imidazole rings is 1. The Morgan fingerprint density at radius 3 is 2.71 bits per heavy atom. The molecular formula is C25H25N7O2. The lowest BCUT2D eigenvalue weighted by Gasteiger charge is -2.43. The van der Waals surface area contributed by atoms with Gasteiger partial charge in [-0.15, -0.1) is 0 Å². The Kier molecular flexibility index (Phi) is 4.53. The molecule has 7 rings (SSSR count). The average Bonchev–Trinajstić information content (AvgIpc) is 3.29. The van der Waals surface area contributed by atoms with Gasteiger partial charge >= 0.3 is 0 Å². The number of piperazine rings is 1. The van der Waals surface area contributed by atoms with Crippen LogP contribution in [-0.4, -0.2) is 63.9 Å². The highest BCUT2D eigenvalue weighted by atomic mass is 16.5. The Morgan fingerprint density at radius 2 is 1.82 bits per heavy atom. The molecule has 0 radical (unpaired) electrons. The van der Waals surface area contributed by atoms with Crippen LogP contribution in [0.2, 0.25) is 0 Å². The van der Waals surface area contributed by atoms with Crippen molar-refractivity contribution >= 4 is 17.1 Å². The lowest BCUT2D eigenvalue weighted by Crippen LogP contribution is -2.47. The molecule has 3 aliphatic heterocycles. The van der Waals surface area contributed by atoms with Crippen LogP contribution in [0.15, 0.2) is 48.8 Å². The minimum atomic E-state index is -0.383. The molecule has 1 atom stereocenters. The number of hydrogen-bond donors (Lipinski definition) is 1. The van der Waals surface area contributed by atoms with Crippen LogP contribution >= 0.6 is 0 Å². The van der Waals surface area contributed by atoms with Gasteiger partial charge in [-0.3, -0.25) is 4.57 Å². The van der Waals surface area contributed by atoms with Crippen molar-refractivity contribution in [2.75, 3.05) is 44.3 Å². The van der Waals surface area contributed by atoms with Gasteiger partial charge in [-0.25, -0.2) is 19.9 Å². The van der Waals surface area contributed by atoms with Crippen LogP contribution in [0.25, 0.3) is 22.4 Å². The summed E-state index contributed by atoms with van der Waals surface area (Å²) in [4.78, 5) is 21.4. The summed E-state index contributed by atoms with van der Waals surface area (Å²) >= 11 is 0. The predicted molar refractivity (Wildman–Crippen MR) is 127 cm³/mol. The molecule has 1 aromatic carbocycles. The molecular weight excluding hydrogens is 430 g/mol. The Morgan fingerprint density at radius 1 is 0.971 bits per heavy atom. The van der Waals surface area contributed by atoms with E-state index in [9.17, 15) is 0 Å². The molecule has 3 aliphatic rings. The fourth-order valence-electron chi connectivity index (χ4n) is 5.39. The second kappa shape index (κ2) is 7.75. The average molecular weight is 456 g/mol. The molecule has 6 heterocycles. The van der Waals surface area contributed by atoms with Gasteiger partial charge < -0.3 is 19.7 Å². The van der Waals surface area contributed by atoms with Crippen molar-refractivity contribution in [2.45, 2.75) is 18.6 Å². The normalized spacial score (nSPS) is 21.8. The van der Waals surface area contributed by atoms with Crippen LogP contribution in [-0.2, 0) is 16.9 Å².